The number of rotatable bonds is 4. The zero-order valence-corrected chi connectivity index (χ0v) is 14.6. The van der Waals surface area contributed by atoms with Gasteiger partial charge in [-0.25, -0.2) is 0 Å². The summed E-state index contributed by atoms with van der Waals surface area (Å²) in [6, 6.07) is 0. The molecule has 0 radical (unpaired) electrons. The Labute approximate surface area is 145 Å². The summed E-state index contributed by atoms with van der Waals surface area (Å²) >= 11 is 0. The fourth-order valence-corrected chi connectivity index (χ4v) is 5.05. The number of aliphatic hydroxyl groups excluding tert-OH is 1. The van der Waals surface area contributed by atoms with E-state index in [0.717, 1.165) is 5.57 Å². The van der Waals surface area contributed by atoms with Crippen molar-refractivity contribution in [1.29, 1.82) is 0 Å². The Morgan fingerprint density at radius 1 is 1.48 bits per heavy atom. The number of aldehydes is 1. The Bertz CT molecular complexity index is 760. The first-order valence-corrected chi connectivity index (χ1v) is 8.74. The summed E-state index contributed by atoms with van der Waals surface area (Å²) in [6.45, 7) is 5.79. The number of carbonyl (C=O) groups is 3. The number of fused-ring (bicyclic) bond motifs is 1. The molecule has 0 aromatic carbocycles. The van der Waals surface area contributed by atoms with Gasteiger partial charge in [0, 0.05) is 23.0 Å². The van der Waals surface area contributed by atoms with E-state index in [1.807, 2.05) is 26.8 Å². The number of ether oxygens (including phenoxy) is 2. The average Bonchev–Trinajstić information content (AvgIpc) is 3.09. The van der Waals surface area contributed by atoms with Crippen molar-refractivity contribution in [2.75, 3.05) is 0 Å². The van der Waals surface area contributed by atoms with Crippen LogP contribution in [0.5, 0.6) is 0 Å². The van der Waals surface area contributed by atoms with E-state index in [1.165, 1.54) is 0 Å². The van der Waals surface area contributed by atoms with Gasteiger partial charge in [0.05, 0.1) is 10.8 Å². The smallest absolute Gasteiger partial charge is 0.315 e. The molecular weight excluding hydrogens is 324 g/mol. The largest absolute Gasteiger partial charge is 0.457 e. The summed E-state index contributed by atoms with van der Waals surface area (Å²) < 4.78 is 10.8. The number of aliphatic hydroxyl groups is 1. The zero-order chi connectivity index (χ0) is 18.2. The standard InChI is InChI=1S/C19H22O6/c1-4-5-12(21)24-14-13-10(6-17(14,2)3)7-18-9-19(18,11(13)8-20)16(23)25-15(18)22/h6,8,14,16,23H,4-5,7,9H2,1-3H3. The van der Waals surface area contributed by atoms with Crippen molar-refractivity contribution in [3.63, 3.8) is 0 Å². The average molecular weight is 346 g/mol. The van der Waals surface area contributed by atoms with E-state index in [4.69, 9.17) is 9.47 Å². The van der Waals surface area contributed by atoms with Crippen LogP contribution >= 0.6 is 0 Å². The van der Waals surface area contributed by atoms with Crippen LogP contribution in [0, 0.1) is 16.2 Å². The molecule has 134 valence electrons. The SMILES string of the molecule is CCCC(=O)OC1C2=C(C=O)C34CC3(CC2=CC1(C)C)C(=O)OC4O. The number of hydrogen-bond acceptors (Lipinski definition) is 6. The molecule has 2 fully saturated rings. The summed E-state index contributed by atoms with van der Waals surface area (Å²) in [4.78, 5) is 36.4. The van der Waals surface area contributed by atoms with Gasteiger partial charge in [0.2, 0.25) is 6.29 Å². The maximum atomic E-state index is 12.3. The van der Waals surface area contributed by atoms with E-state index in [1.54, 1.807) is 0 Å². The molecule has 0 aromatic rings. The van der Waals surface area contributed by atoms with E-state index < -0.39 is 34.6 Å². The highest BCUT2D eigenvalue weighted by atomic mass is 16.6. The van der Waals surface area contributed by atoms with Crippen LogP contribution in [0.3, 0.4) is 0 Å². The maximum absolute atomic E-state index is 12.3. The molecule has 0 aromatic heterocycles. The topological polar surface area (TPSA) is 89.9 Å². The van der Waals surface area contributed by atoms with Gasteiger partial charge in [-0.3, -0.25) is 14.4 Å². The maximum Gasteiger partial charge on any atom is 0.315 e. The lowest BCUT2D eigenvalue weighted by molar-refractivity contribution is -0.164. The molecule has 1 aliphatic heterocycles. The minimum atomic E-state index is -1.31. The van der Waals surface area contributed by atoms with E-state index in [-0.39, 0.29) is 5.97 Å². The molecule has 6 heteroatoms. The number of hydrogen-bond donors (Lipinski definition) is 1. The van der Waals surface area contributed by atoms with Gasteiger partial charge in [-0.1, -0.05) is 26.8 Å². The van der Waals surface area contributed by atoms with Gasteiger partial charge in [0.25, 0.3) is 0 Å². The van der Waals surface area contributed by atoms with Gasteiger partial charge in [-0.15, -0.1) is 0 Å². The summed E-state index contributed by atoms with van der Waals surface area (Å²) in [5, 5.41) is 10.3. The highest BCUT2D eigenvalue weighted by Gasteiger charge is 2.85. The quantitative estimate of drug-likeness (QED) is 0.617. The Morgan fingerprint density at radius 2 is 2.20 bits per heavy atom. The predicted molar refractivity (Wildman–Crippen MR) is 85.9 cm³/mol. The Hall–Kier alpha value is -1.95. The zero-order valence-electron chi connectivity index (χ0n) is 14.6. The second kappa shape index (κ2) is 4.81. The minimum Gasteiger partial charge on any atom is -0.457 e. The van der Waals surface area contributed by atoms with Gasteiger partial charge in [-0.2, -0.15) is 0 Å². The van der Waals surface area contributed by atoms with Crippen molar-refractivity contribution in [3.05, 3.63) is 22.8 Å². The monoisotopic (exact) mass is 346 g/mol. The van der Waals surface area contributed by atoms with Gasteiger partial charge < -0.3 is 14.6 Å². The molecule has 1 heterocycles. The van der Waals surface area contributed by atoms with Crippen LogP contribution in [0.15, 0.2) is 22.8 Å². The summed E-state index contributed by atoms with van der Waals surface area (Å²) in [6.07, 6.45) is 2.61. The van der Waals surface area contributed by atoms with E-state index in [0.29, 0.717) is 43.1 Å². The van der Waals surface area contributed by atoms with Crippen LogP contribution < -0.4 is 0 Å². The molecule has 4 aliphatic rings. The molecule has 0 spiro atoms. The molecule has 1 N–H and O–H groups in total. The second-order valence-electron chi connectivity index (χ2n) is 8.22. The molecule has 25 heavy (non-hydrogen) atoms. The third kappa shape index (κ3) is 1.81. The summed E-state index contributed by atoms with van der Waals surface area (Å²) in [5.41, 5.74) is -0.404. The first kappa shape index (κ1) is 16.5. The third-order valence-corrected chi connectivity index (χ3v) is 6.25. The van der Waals surface area contributed by atoms with Crippen LogP contribution in [0.1, 0.15) is 46.5 Å². The van der Waals surface area contributed by atoms with E-state index >= 15 is 0 Å². The fraction of sp³-hybridized carbons (Fsp3) is 0.632. The fourth-order valence-electron chi connectivity index (χ4n) is 5.05. The van der Waals surface area contributed by atoms with Crippen LogP contribution in [0.2, 0.25) is 0 Å². The Morgan fingerprint density at radius 3 is 2.84 bits per heavy atom. The van der Waals surface area contributed by atoms with E-state index in [2.05, 4.69) is 0 Å². The van der Waals surface area contributed by atoms with Gasteiger partial charge >= 0.3 is 11.9 Å². The minimum absolute atomic E-state index is 0.308. The highest BCUT2D eigenvalue weighted by Crippen LogP contribution is 2.79. The molecule has 1 saturated carbocycles. The van der Waals surface area contributed by atoms with Crippen molar-refractivity contribution in [1.82, 2.24) is 0 Å². The predicted octanol–water partition coefficient (Wildman–Crippen LogP) is 1.82. The molecule has 0 amide bonds. The second-order valence-corrected chi connectivity index (χ2v) is 8.22. The van der Waals surface area contributed by atoms with Crippen LogP contribution in [-0.2, 0) is 23.9 Å². The number of esters is 2. The molecule has 4 unspecified atom stereocenters. The first-order chi connectivity index (χ1) is 11.7. The van der Waals surface area contributed by atoms with Gasteiger partial charge in [-0.05, 0) is 24.8 Å². The van der Waals surface area contributed by atoms with Crippen LogP contribution in [-0.4, -0.2) is 35.7 Å². The summed E-state index contributed by atoms with van der Waals surface area (Å²) in [7, 11) is 0. The molecule has 0 bridgehead atoms. The van der Waals surface area contributed by atoms with Crippen molar-refractivity contribution in [2.24, 2.45) is 16.2 Å². The van der Waals surface area contributed by atoms with Crippen LogP contribution in [0.4, 0.5) is 0 Å². The molecular formula is C19H22O6. The lowest BCUT2D eigenvalue weighted by Crippen LogP contribution is -2.36. The highest BCUT2D eigenvalue weighted by molar-refractivity contribution is 5.95. The number of carbonyl (C=O) groups excluding carboxylic acids is 3. The number of cyclic esters (lactones) is 1. The van der Waals surface area contributed by atoms with Crippen molar-refractivity contribution < 1.29 is 29.0 Å². The lowest BCUT2D eigenvalue weighted by atomic mass is 9.73. The van der Waals surface area contributed by atoms with Crippen molar-refractivity contribution >= 4 is 18.2 Å². The van der Waals surface area contributed by atoms with Crippen molar-refractivity contribution in [2.45, 2.75) is 58.8 Å². The molecule has 4 rings (SSSR count). The molecule has 6 nitrogen and oxygen atoms in total. The van der Waals surface area contributed by atoms with E-state index in [9.17, 15) is 19.5 Å². The van der Waals surface area contributed by atoms with Crippen molar-refractivity contribution in [3.8, 4) is 0 Å². The summed E-state index contributed by atoms with van der Waals surface area (Å²) in [5.74, 6) is -0.749. The Kier molecular flexibility index (Phi) is 3.18. The lowest BCUT2D eigenvalue weighted by Gasteiger charge is -2.32. The molecule has 1 saturated heterocycles. The Balaban J connectivity index is 1.83. The van der Waals surface area contributed by atoms with Crippen LogP contribution in [0.25, 0.3) is 0 Å². The van der Waals surface area contributed by atoms with Gasteiger partial charge in [0.15, 0.2) is 0 Å². The third-order valence-electron chi connectivity index (χ3n) is 6.25. The molecule has 3 aliphatic carbocycles. The normalized spacial score (nSPS) is 39.8. The van der Waals surface area contributed by atoms with Gasteiger partial charge in [0.1, 0.15) is 12.4 Å². The first-order valence-electron chi connectivity index (χ1n) is 8.74. The molecule has 4 atom stereocenters.